The third-order valence-corrected chi connectivity index (χ3v) is 2.61. The van der Waals surface area contributed by atoms with Crippen LogP contribution in [0.4, 0.5) is 0 Å². The van der Waals surface area contributed by atoms with Crippen molar-refractivity contribution < 1.29 is 10.3 Å². The van der Waals surface area contributed by atoms with E-state index in [4.69, 9.17) is 10.9 Å². The number of nitrogens with two attached hydrogens (primary N) is 1. The second kappa shape index (κ2) is 4.61. The number of amidine groups is 1. The van der Waals surface area contributed by atoms with Crippen LogP contribution >= 0.6 is 0 Å². The van der Waals surface area contributed by atoms with Crippen molar-refractivity contribution in [2.24, 2.45) is 10.9 Å². The molecule has 0 radical (unpaired) electrons. The van der Waals surface area contributed by atoms with Gasteiger partial charge in [0.15, 0.2) is 0 Å². The number of oxime groups is 1. The molecule has 0 saturated heterocycles. The fraction of sp³-hybridized carbons (Fsp3) is 0.889. The minimum atomic E-state index is -0.821. The third-order valence-electron chi connectivity index (χ3n) is 2.61. The molecule has 0 saturated carbocycles. The quantitative estimate of drug-likeness (QED) is 0.223. The summed E-state index contributed by atoms with van der Waals surface area (Å²) in [4.78, 5) is 0. The molecule has 0 atom stereocenters. The second-order valence-corrected chi connectivity index (χ2v) is 4.45. The topological polar surface area (TPSA) is 90.9 Å². The zero-order chi connectivity index (χ0) is 11.4. The highest BCUT2D eigenvalue weighted by atomic mass is 16.4. The predicted octanol–water partition coefficient (Wildman–Crippen LogP) is 0.262. The number of hydrogen-bond donors (Lipinski definition) is 4. The Morgan fingerprint density at radius 1 is 1.36 bits per heavy atom. The molecule has 0 heterocycles. The highest BCUT2D eigenvalue weighted by Crippen LogP contribution is 2.20. The van der Waals surface area contributed by atoms with E-state index in [1.165, 1.54) is 0 Å². The average Bonchev–Trinajstić information content (AvgIpc) is 2.01. The van der Waals surface area contributed by atoms with Crippen molar-refractivity contribution in [2.45, 2.75) is 45.3 Å². The highest BCUT2D eigenvalue weighted by molar-refractivity contribution is 5.79. The van der Waals surface area contributed by atoms with Crippen molar-refractivity contribution in [3.63, 3.8) is 0 Å². The number of nitrogens with one attached hydrogen (secondary N) is 1. The molecule has 0 aromatic rings. The number of rotatable bonds is 5. The van der Waals surface area contributed by atoms with Crippen LogP contribution in [0.1, 0.15) is 34.1 Å². The molecule has 0 unspecified atom stereocenters. The van der Waals surface area contributed by atoms with Gasteiger partial charge in [0.2, 0.25) is 0 Å². The van der Waals surface area contributed by atoms with Crippen LogP contribution in [0.2, 0.25) is 0 Å². The van der Waals surface area contributed by atoms with Crippen molar-refractivity contribution in [2.75, 3.05) is 6.54 Å². The van der Waals surface area contributed by atoms with Gasteiger partial charge in [0, 0.05) is 18.5 Å². The smallest absolute Gasteiger partial charge is 0.140 e. The van der Waals surface area contributed by atoms with Gasteiger partial charge in [-0.1, -0.05) is 5.16 Å². The van der Waals surface area contributed by atoms with Gasteiger partial charge in [-0.2, -0.15) is 0 Å². The van der Waals surface area contributed by atoms with Crippen LogP contribution < -0.4 is 11.1 Å². The standard InChI is InChI=1S/C9H21N3O2/c1-8(2,9(3,4)13)11-6-5-7(10)12-14/h11,13-14H,5-6H2,1-4H3,(H2,10,12). The van der Waals surface area contributed by atoms with Gasteiger partial charge < -0.3 is 21.4 Å². The van der Waals surface area contributed by atoms with Gasteiger partial charge in [0.25, 0.3) is 0 Å². The Morgan fingerprint density at radius 3 is 2.21 bits per heavy atom. The number of hydrogen-bond acceptors (Lipinski definition) is 4. The van der Waals surface area contributed by atoms with Crippen molar-refractivity contribution >= 4 is 5.84 Å². The van der Waals surface area contributed by atoms with Gasteiger partial charge in [-0.25, -0.2) is 0 Å². The van der Waals surface area contributed by atoms with Gasteiger partial charge in [-0.05, 0) is 27.7 Å². The SMILES string of the molecule is CC(C)(O)C(C)(C)NCCC(N)=NO. The number of aliphatic hydroxyl groups is 1. The largest absolute Gasteiger partial charge is 0.409 e. The summed E-state index contributed by atoms with van der Waals surface area (Å²) in [7, 11) is 0. The number of nitrogens with zero attached hydrogens (tertiary/aromatic N) is 1. The fourth-order valence-corrected chi connectivity index (χ4v) is 0.769. The van der Waals surface area contributed by atoms with Crippen LogP contribution in [0.15, 0.2) is 5.16 Å². The van der Waals surface area contributed by atoms with E-state index in [0.29, 0.717) is 13.0 Å². The summed E-state index contributed by atoms with van der Waals surface area (Å²) in [5, 5.41) is 24.1. The minimum Gasteiger partial charge on any atom is -0.409 e. The third kappa shape index (κ3) is 3.93. The van der Waals surface area contributed by atoms with E-state index in [1.54, 1.807) is 13.8 Å². The molecule has 5 nitrogen and oxygen atoms in total. The molecule has 5 heteroatoms. The van der Waals surface area contributed by atoms with Gasteiger partial charge >= 0.3 is 0 Å². The first kappa shape index (κ1) is 13.2. The van der Waals surface area contributed by atoms with E-state index in [1.807, 2.05) is 13.8 Å². The first-order valence-corrected chi connectivity index (χ1v) is 4.64. The minimum absolute atomic E-state index is 0.184. The summed E-state index contributed by atoms with van der Waals surface area (Å²) in [6, 6.07) is 0. The lowest BCUT2D eigenvalue weighted by atomic mass is 9.86. The molecule has 84 valence electrons. The van der Waals surface area contributed by atoms with E-state index in [-0.39, 0.29) is 5.84 Å². The van der Waals surface area contributed by atoms with Crippen molar-refractivity contribution in [1.29, 1.82) is 0 Å². The van der Waals surface area contributed by atoms with Crippen LogP contribution in [-0.2, 0) is 0 Å². The Morgan fingerprint density at radius 2 is 1.86 bits per heavy atom. The fourth-order valence-electron chi connectivity index (χ4n) is 0.769. The zero-order valence-corrected chi connectivity index (χ0v) is 9.33. The van der Waals surface area contributed by atoms with Crippen LogP contribution in [0, 0.1) is 0 Å². The summed E-state index contributed by atoms with van der Waals surface area (Å²) >= 11 is 0. The summed E-state index contributed by atoms with van der Waals surface area (Å²) in [5.74, 6) is 0.184. The van der Waals surface area contributed by atoms with E-state index in [2.05, 4.69) is 10.5 Å². The predicted molar refractivity (Wildman–Crippen MR) is 56.4 cm³/mol. The second-order valence-electron chi connectivity index (χ2n) is 4.45. The Bertz CT molecular complexity index is 207. The lowest BCUT2D eigenvalue weighted by Gasteiger charge is -2.38. The molecule has 14 heavy (non-hydrogen) atoms. The highest BCUT2D eigenvalue weighted by Gasteiger charge is 2.34. The molecule has 0 bridgehead atoms. The molecule has 0 spiro atoms. The van der Waals surface area contributed by atoms with Crippen LogP contribution in [0.3, 0.4) is 0 Å². The Balaban J connectivity index is 4.01. The summed E-state index contributed by atoms with van der Waals surface area (Å²) in [6.45, 7) is 7.85. The molecular weight excluding hydrogens is 182 g/mol. The lowest BCUT2D eigenvalue weighted by molar-refractivity contribution is -0.00391. The van der Waals surface area contributed by atoms with Crippen LogP contribution in [0.5, 0.6) is 0 Å². The van der Waals surface area contributed by atoms with Gasteiger partial charge in [0.1, 0.15) is 5.84 Å². The van der Waals surface area contributed by atoms with Crippen molar-refractivity contribution in [3.05, 3.63) is 0 Å². The maximum Gasteiger partial charge on any atom is 0.140 e. The Labute approximate surface area is 85.0 Å². The summed E-state index contributed by atoms with van der Waals surface area (Å²) in [5.41, 5.74) is 4.07. The molecule has 5 N–H and O–H groups in total. The first-order valence-electron chi connectivity index (χ1n) is 4.64. The maximum absolute atomic E-state index is 9.79. The maximum atomic E-state index is 9.79. The summed E-state index contributed by atoms with van der Waals surface area (Å²) < 4.78 is 0. The first-order chi connectivity index (χ1) is 6.20. The molecule has 0 aliphatic rings. The monoisotopic (exact) mass is 203 g/mol. The van der Waals surface area contributed by atoms with Gasteiger partial charge in [-0.15, -0.1) is 0 Å². The van der Waals surface area contributed by atoms with E-state index < -0.39 is 11.1 Å². The van der Waals surface area contributed by atoms with Crippen molar-refractivity contribution in [1.82, 2.24) is 5.32 Å². The summed E-state index contributed by atoms with van der Waals surface area (Å²) in [6.07, 6.45) is 0.454. The molecule has 0 aliphatic carbocycles. The molecule has 0 aromatic carbocycles. The molecule has 0 aromatic heterocycles. The Kier molecular flexibility index (Phi) is 4.35. The van der Waals surface area contributed by atoms with Crippen molar-refractivity contribution in [3.8, 4) is 0 Å². The lowest BCUT2D eigenvalue weighted by Crippen LogP contribution is -2.56. The molecule has 0 amide bonds. The van der Waals surface area contributed by atoms with Gasteiger partial charge in [0.05, 0.1) is 5.60 Å². The van der Waals surface area contributed by atoms with E-state index >= 15 is 0 Å². The Hall–Kier alpha value is -0.810. The molecular formula is C9H21N3O2. The molecule has 0 fully saturated rings. The van der Waals surface area contributed by atoms with Crippen LogP contribution in [-0.4, -0.2) is 33.8 Å². The molecule has 0 rings (SSSR count). The average molecular weight is 203 g/mol. The van der Waals surface area contributed by atoms with Gasteiger partial charge in [-0.3, -0.25) is 0 Å². The van der Waals surface area contributed by atoms with E-state index in [9.17, 15) is 5.11 Å². The molecule has 0 aliphatic heterocycles. The van der Waals surface area contributed by atoms with E-state index in [0.717, 1.165) is 0 Å². The normalized spacial score (nSPS) is 14.5. The zero-order valence-electron chi connectivity index (χ0n) is 9.33. The van der Waals surface area contributed by atoms with Crippen LogP contribution in [0.25, 0.3) is 0 Å².